The predicted octanol–water partition coefficient (Wildman–Crippen LogP) is 6.56. The highest BCUT2D eigenvalue weighted by Gasteiger charge is 2.44. The second kappa shape index (κ2) is 11.8. The van der Waals surface area contributed by atoms with Gasteiger partial charge in [-0.2, -0.15) is 0 Å². The SMILES string of the molecule is COC(=O)c1nc(-c2cc(-c3cccc(C#CC4CC(F)(F)C4)c3)n(Cc3ccc(S(N)(=O)=O)c(F)c3)c2CC2CC2)sc1C. The number of sulfonamides is 1. The van der Waals surface area contributed by atoms with E-state index >= 15 is 0 Å². The maximum Gasteiger partial charge on any atom is 0.357 e. The molecule has 0 aliphatic heterocycles. The van der Waals surface area contributed by atoms with E-state index in [-0.39, 0.29) is 31.0 Å². The summed E-state index contributed by atoms with van der Waals surface area (Å²) in [7, 11) is -2.93. The first-order chi connectivity index (χ1) is 21.3. The van der Waals surface area contributed by atoms with E-state index in [0.29, 0.717) is 33.4 Å². The van der Waals surface area contributed by atoms with Gasteiger partial charge in [-0.05, 0) is 73.6 Å². The molecule has 0 atom stereocenters. The molecule has 0 saturated heterocycles. The first-order valence-electron chi connectivity index (χ1n) is 14.4. The number of benzene rings is 2. The number of aromatic nitrogens is 2. The molecule has 0 amide bonds. The summed E-state index contributed by atoms with van der Waals surface area (Å²) in [5, 5.41) is 5.82. The Hall–Kier alpha value is -3.92. The minimum Gasteiger partial charge on any atom is -0.464 e. The van der Waals surface area contributed by atoms with E-state index in [1.807, 2.05) is 37.3 Å². The number of hydrogen-bond acceptors (Lipinski definition) is 6. The average Bonchev–Trinajstić information content (AvgIpc) is 3.61. The van der Waals surface area contributed by atoms with Crippen LogP contribution in [0.5, 0.6) is 0 Å². The molecular formula is C33H30F3N3O4S2. The van der Waals surface area contributed by atoms with Crippen LogP contribution in [0.2, 0.25) is 0 Å². The Labute approximate surface area is 263 Å². The fourth-order valence-electron chi connectivity index (χ4n) is 5.57. The number of ether oxygens (including phenoxy) is 1. The molecule has 7 nitrogen and oxygen atoms in total. The predicted molar refractivity (Wildman–Crippen MR) is 165 cm³/mol. The number of aryl methyl sites for hydroxylation is 1. The van der Waals surface area contributed by atoms with Gasteiger partial charge in [-0.25, -0.2) is 36.5 Å². The number of methoxy groups -OCH3 is 1. The van der Waals surface area contributed by atoms with Crippen molar-refractivity contribution in [3.05, 3.63) is 81.7 Å². The molecule has 2 aromatic heterocycles. The van der Waals surface area contributed by atoms with Gasteiger partial charge in [-0.15, -0.1) is 11.3 Å². The summed E-state index contributed by atoms with van der Waals surface area (Å²) in [5.41, 5.74) is 4.78. The van der Waals surface area contributed by atoms with Gasteiger partial charge in [0.15, 0.2) is 5.69 Å². The lowest BCUT2D eigenvalue weighted by Crippen LogP contribution is -2.34. The van der Waals surface area contributed by atoms with Crippen LogP contribution in [0.25, 0.3) is 21.8 Å². The maximum atomic E-state index is 14.9. The number of carbonyl (C=O) groups is 1. The second-order valence-electron chi connectivity index (χ2n) is 11.7. The number of carbonyl (C=O) groups excluding carboxylic acids is 1. The molecule has 0 bridgehead atoms. The molecular weight excluding hydrogens is 624 g/mol. The minimum absolute atomic E-state index is 0.209. The van der Waals surface area contributed by atoms with Gasteiger partial charge in [0.1, 0.15) is 15.7 Å². The first kappa shape index (κ1) is 31.1. The third-order valence-electron chi connectivity index (χ3n) is 8.11. The molecule has 2 aliphatic rings. The van der Waals surface area contributed by atoms with E-state index in [9.17, 15) is 26.4 Å². The van der Waals surface area contributed by atoms with Gasteiger partial charge in [0.25, 0.3) is 5.92 Å². The maximum absolute atomic E-state index is 14.9. The molecule has 0 unspecified atom stereocenters. The Balaban J connectivity index is 1.48. The summed E-state index contributed by atoms with van der Waals surface area (Å²) in [6.07, 6.45) is 2.37. The van der Waals surface area contributed by atoms with Crippen LogP contribution in [0.4, 0.5) is 13.2 Å². The Kier molecular flexibility index (Phi) is 8.14. The molecule has 45 heavy (non-hydrogen) atoms. The van der Waals surface area contributed by atoms with E-state index in [2.05, 4.69) is 21.4 Å². The zero-order chi connectivity index (χ0) is 32.1. The zero-order valence-corrected chi connectivity index (χ0v) is 26.2. The number of alkyl halides is 2. The molecule has 2 fully saturated rings. The highest BCUT2D eigenvalue weighted by Crippen LogP contribution is 2.43. The molecule has 2 aliphatic carbocycles. The standard InChI is InChI=1S/C33H30F3N3O4S2/c1-19-30(32(40)43-2)38-31(44-19)25-15-27(24-5-3-4-20(12-24)8-9-23-16-33(35,36)17-23)39(28(25)14-21-6-7-21)18-22-10-11-29(26(34)13-22)45(37,41)42/h3-5,10-13,15,21,23H,6-7,14,16-18H2,1-2H3,(H2,37,41,42). The number of hydrogen-bond donors (Lipinski definition) is 1. The molecule has 0 radical (unpaired) electrons. The zero-order valence-electron chi connectivity index (χ0n) is 24.6. The van der Waals surface area contributed by atoms with Crippen molar-refractivity contribution in [1.29, 1.82) is 0 Å². The van der Waals surface area contributed by atoms with Gasteiger partial charge in [0.05, 0.1) is 7.11 Å². The Morgan fingerprint density at radius 2 is 1.93 bits per heavy atom. The van der Waals surface area contributed by atoms with Crippen LogP contribution in [0.1, 0.15) is 57.9 Å². The Bertz CT molecular complexity index is 1980. The van der Waals surface area contributed by atoms with Crippen molar-refractivity contribution in [3.8, 4) is 33.7 Å². The first-order valence-corrected chi connectivity index (χ1v) is 16.8. The van der Waals surface area contributed by atoms with Gasteiger partial charge >= 0.3 is 5.97 Å². The summed E-state index contributed by atoms with van der Waals surface area (Å²) < 4.78 is 72.2. The molecule has 2 N–H and O–H groups in total. The summed E-state index contributed by atoms with van der Waals surface area (Å²) in [6, 6.07) is 13.3. The summed E-state index contributed by atoms with van der Waals surface area (Å²) in [6.45, 7) is 2.02. The molecule has 0 spiro atoms. The third-order valence-corrected chi connectivity index (χ3v) is 10.1. The molecule has 2 saturated carbocycles. The number of esters is 1. The van der Waals surface area contributed by atoms with Crippen molar-refractivity contribution in [2.24, 2.45) is 17.0 Å². The highest BCUT2D eigenvalue weighted by atomic mass is 32.2. The van der Waals surface area contributed by atoms with Crippen molar-refractivity contribution in [2.75, 3.05) is 7.11 Å². The van der Waals surface area contributed by atoms with Gasteiger partial charge in [-0.3, -0.25) is 0 Å². The summed E-state index contributed by atoms with van der Waals surface area (Å²) in [4.78, 5) is 17.2. The van der Waals surface area contributed by atoms with Crippen LogP contribution in [0.3, 0.4) is 0 Å². The number of nitrogens with two attached hydrogens (primary N) is 1. The van der Waals surface area contributed by atoms with E-state index in [0.717, 1.165) is 41.4 Å². The normalized spacial score (nSPS) is 16.1. The number of halogens is 3. The molecule has 6 rings (SSSR count). The van der Waals surface area contributed by atoms with Gasteiger partial charge in [-0.1, -0.05) is 30.0 Å². The van der Waals surface area contributed by atoms with Crippen LogP contribution < -0.4 is 5.14 Å². The lowest BCUT2D eigenvalue weighted by atomic mass is 9.82. The molecule has 12 heteroatoms. The van der Waals surface area contributed by atoms with Crippen LogP contribution >= 0.6 is 11.3 Å². The quantitative estimate of drug-likeness (QED) is 0.171. The third kappa shape index (κ3) is 6.71. The largest absolute Gasteiger partial charge is 0.464 e. The van der Waals surface area contributed by atoms with Crippen molar-refractivity contribution in [2.45, 2.75) is 56.4 Å². The van der Waals surface area contributed by atoms with Gasteiger partial charge in [0.2, 0.25) is 10.0 Å². The van der Waals surface area contributed by atoms with Crippen molar-refractivity contribution in [3.63, 3.8) is 0 Å². The van der Waals surface area contributed by atoms with Crippen LogP contribution in [0, 0.1) is 36.4 Å². The fourth-order valence-corrected chi connectivity index (χ4v) is 7.10. The van der Waals surface area contributed by atoms with Crippen molar-refractivity contribution in [1.82, 2.24) is 9.55 Å². The van der Waals surface area contributed by atoms with E-state index < -0.39 is 32.6 Å². The Morgan fingerprint density at radius 1 is 1.18 bits per heavy atom. The Morgan fingerprint density at radius 3 is 2.58 bits per heavy atom. The molecule has 234 valence electrons. The van der Waals surface area contributed by atoms with Crippen molar-refractivity contribution >= 4 is 27.3 Å². The molecule has 2 aromatic carbocycles. The number of nitrogens with zero attached hydrogens (tertiary/aromatic N) is 2. The van der Waals surface area contributed by atoms with Crippen LogP contribution in [-0.4, -0.2) is 37.0 Å². The lowest BCUT2D eigenvalue weighted by molar-refractivity contribution is -0.0936. The van der Waals surface area contributed by atoms with Crippen molar-refractivity contribution < 1.29 is 31.1 Å². The topological polar surface area (TPSA) is 104 Å². The number of rotatable bonds is 8. The number of primary sulfonamides is 1. The van der Waals surface area contributed by atoms with E-state index in [1.54, 1.807) is 0 Å². The molecule has 4 aromatic rings. The lowest BCUT2D eigenvalue weighted by Gasteiger charge is -2.31. The van der Waals surface area contributed by atoms with E-state index in [4.69, 9.17) is 9.88 Å². The average molecular weight is 654 g/mol. The highest BCUT2D eigenvalue weighted by molar-refractivity contribution is 7.89. The number of thiazole rings is 1. The fraction of sp³-hybridized carbons (Fsp3) is 0.333. The monoisotopic (exact) mass is 653 g/mol. The molecule has 2 heterocycles. The van der Waals surface area contributed by atoms with Gasteiger partial charge in [0, 0.05) is 52.7 Å². The smallest absolute Gasteiger partial charge is 0.357 e. The summed E-state index contributed by atoms with van der Waals surface area (Å²) >= 11 is 1.38. The van der Waals surface area contributed by atoms with Crippen LogP contribution in [-0.2, 0) is 27.7 Å². The van der Waals surface area contributed by atoms with Crippen LogP contribution in [0.15, 0.2) is 53.4 Å². The minimum atomic E-state index is -4.23. The van der Waals surface area contributed by atoms with E-state index in [1.165, 1.54) is 30.6 Å². The summed E-state index contributed by atoms with van der Waals surface area (Å²) in [5.74, 6) is 1.99. The second-order valence-corrected chi connectivity index (χ2v) is 14.4. The van der Waals surface area contributed by atoms with Gasteiger partial charge < -0.3 is 9.30 Å².